The lowest BCUT2D eigenvalue weighted by Gasteiger charge is -2.51. The molecule has 0 heterocycles. The minimum absolute atomic E-state index is 0.0611. The van der Waals surface area contributed by atoms with E-state index < -0.39 is 30.3 Å². The molecule has 0 aliphatic rings. The molecule has 0 aromatic rings. The zero-order chi connectivity index (χ0) is 28.1. The van der Waals surface area contributed by atoms with Crippen molar-refractivity contribution in [3.05, 3.63) is 12.2 Å². The van der Waals surface area contributed by atoms with E-state index in [-0.39, 0.29) is 22.0 Å². The summed E-state index contributed by atoms with van der Waals surface area (Å²) >= 11 is 0. The monoisotopic (exact) mass is 544 g/mol. The zero-order valence-corrected chi connectivity index (χ0v) is 29.2. The summed E-state index contributed by atoms with van der Waals surface area (Å²) in [7, 11) is -5.96. The lowest BCUT2D eigenvalue weighted by atomic mass is 9.91. The fraction of sp³-hybridized carbons (Fsp3) is 0.893. The summed E-state index contributed by atoms with van der Waals surface area (Å²) < 4.78 is 20.2. The lowest BCUT2D eigenvalue weighted by Crippen LogP contribution is -2.62. The second-order valence-electron chi connectivity index (χ2n) is 13.7. The third kappa shape index (κ3) is 9.55. The molecular weight excluding hydrogens is 485 g/mol. The highest BCUT2D eigenvalue weighted by Gasteiger charge is 2.52. The molecule has 0 bridgehead atoms. The van der Waals surface area contributed by atoms with Gasteiger partial charge in [0.05, 0.1) is 13.8 Å². The summed E-state index contributed by atoms with van der Waals surface area (Å²) in [6, 6.07) is 1.30. The van der Waals surface area contributed by atoms with Crippen LogP contribution in [0.5, 0.6) is 0 Å². The van der Waals surface area contributed by atoms with E-state index in [1.54, 1.807) is 6.92 Å². The number of unbranched alkanes of at least 4 members (excludes halogenated alkanes) is 1. The molecule has 0 saturated heterocycles. The van der Waals surface area contributed by atoms with Crippen LogP contribution >= 0.6 is 0 Å². The maximum Gasteiger partial charge on any atom is 0.333 e. The first kappa shape index (κ1) is 34.8. The van der Waals surface area contributed by atoms with Crippen molar-refractivity contribution < 1.29 is 18.4 Å². The maximum absolute atomic E-state index is 12.3. The molecule has 0 radical (unpaired) electrons. The van der Waals surface area contributed by atoms with E-state index in [2.05, 4.69) is 87.4 Å². The van der Waals surface area contributed by atoms with Crippen LogP contribution in [-0.4, -0.2) is 47.2 Å². The van der Waals surface area contributed by atoms with E-state index in [1.807, 2.05) is 13.8 Å². The second kappa shape index (κ2) is 12.6. The third-order valence-electron chi connectivity index (χ3n) is 8.65. The summed E-state index contributed by atoms with van der Waals surface area (Å²) in [6.07, 6.45) is 5.21. The van der Waals surface area contributed by atoms with Gasteiger partial charge in [0.15, 0.2) is 8.32 Å². The predicted molar refractivity (Wildman–Crippen MR) is 161 cm³/mol. The summed E-state index contributed by atoms with van der Waals surface area (Å²) in [5.41, 5.74) is -0.0180. The molecule has 0 fully saturated rings. The molecule has 7 heteroatoms. The number of hydrogen-bond acceptors (Lipinski definition) is 4. The van der Waals surface area contributed by atoms with Gasteiger partial charge in [-0.25, -0.2) is 4.79 Å². The molecular formula is C28H60O4Si3. The largest absolute Gasteiger partial charge is 0.456 e. The van der Waals surface area contributed by atoms with Gasteiger partial charge in [-0.3, -0.25) is 0 Å². The van der Waals surface area contributed by atoms with E-state index in [4.69, 9.17) is 13.6 Å². The van der Waals surface area contributed by atoms with Gasteiger partial charge >= 0.3 is 5.97 Å². The average molecular weight is 545 g/mol. The molecule has 4 nitrogen and oxygen atoms in total. The first-order chi connectivity index (χ1) is 15.5. The molecule has 0 aliphatic carbocycles. The van der Waals surface area contributed by atoms with E-state index >= 15 is 0 Å². The van der Waals surface area contributed by atoms with Gasteiger partial charge in [-0.05, 0) is 78.7 Å². The SMILES string of the molecule is C=C(C)C(=O)OC(C)(C)CC(C)(CC)[Si](C)(C)OC(CC)[Si](C)(C)OC(C)(C)[Si](C)(C)CCCC. The van der Waals surface area contributed by atoms with E-state index in [1.165, 1.54) is 18.9 Å². The van der Waals surface area contributed by atoms with Crippen LogP contribution in [0.25, 0.3) is 0 Å². The highest BCUT2D eigenvalue weighted by atomic mass is 28.4. The highest BCUT2D eigenvalue weighted by molar-refractivity contribution is 6.82. The Balaban J connectivity index is 5.86. The molecule has 0 N–H and O–H groups in total. The Morgan fingerprint density at radius 1 is 0.943 bits per heavy atom. The van der Waals surface area contributed by atoms with Gasteiger partial charge in [0.1, 0.15) is 5.60 Å². The molecule has 0 rings (SSSR count). The van der Waals surface area contributed by atoms with Crippen molar-refractivity contribution in [3.63, 3.8) is 0 Å². The molecule has 0 aromatic heterocycles. The number of carbonyl (C=O) groups is 1. The van der Waals surface area contributed by atoms with Crippen LogP contribution in [0.3, 0.4) is 0 Å². The minimum Gasteiger partial charge on any atom is -0.456 e. The number of esters is 1. The van der Waals surface area contributed by atoms with Crippen LogP contribution in [0.4, 0.5) is 0 Å². The Kier molecular flexibility index (Phi) is 12.5. The number of ether oxygens (including phenoxy) is 1. The summed E-state index contributed by atoms with van der Waals surface area (Å²) in [5.74, 6) is -0.320. The molecule has 0 aromatic carbocycles. The van der Waals surface area contributed by atoms with E-state index in [9.17, 15) is 4.79 Å². The van der Waals surface area contributed by atoms with Crippen molar-refractivity contribution in [2.75, 3.05) is 0 Å². The Morgan fingerprint density at radius 3 is 1.86 bits per heavy atom. The topological polar surface area (TPSA) is 44.8 Å². The number of rotatable bonds is 16. The molecule has 0 aliphatic heterocycles. The molecule has 2 unspecified atom stereocenters. The highest BCUT2D eigenvalue weighted by Crippen LogP contribution is 2.50. The van der Waals surface area contributed by atoms with Crippen molar-refractivity contribution in [2.45, 2.75) is 161 Å². The first-order valence-electron chi connectivity index (χ1n) is 13.8. The minimum atomic E-state index is -2.23. The Morgan fingerprint density at radius 2 is 1.46 bits per heavy atom. The summed E-state index contributed by atoms with van der Waals surface area (Å²) in [4.78, 5) is 12.3. The van der Waals surface area contributed by atoms with Crippen molar-refractivity contribution in [2.24, 2.45) is 0 Å². The van der Waals surface area contributed by atoms with E-state index in [0.717, 1.165) is 19.3 Å². The van der Waals surface area contributed by atoms with Crippen LogP contribution in [0.15, 0.2) is 12.2 Å². The molecule has 2 atom stereocenters. The Bertz CT molecular complexity index is 713. The summed E-state index contributed by atoms with van der Waals surface area (Å²) in [5, 5.41) is -0.151. The van der Waals surface area contributed by atoms with Crippen molar-refractivity contribution in [1.29, 1.82) is 0 Å². The van der Waals surface area contributed by atoms with Crippen LogP contribution in [0.2, 0.25) is 50.4 Å². The van der Waals surface area contributed by atoms with Crippen LogP contribution < -0.4 is 0 Å². The Hall–Kier alpha value is -0.219. The van der Waals surface area contributed by atoms with Crippen molar-refractivity contribution in [1.82, 2.24) is 0 Å². The maximum atomic E-state index is 12.3. The standard InChI is InChI=1S/C28H60O4Si3/c1-17-20-21-33(11,12)27(8,9)32-34(13,14)24(18-2)31-35(15,16)28(10,19-3)22-26(6,7)30-25(29)23(4)5/h24H,4,17-22H2,1-3,5-16H3. The molecule has 0 spiro atoms. The first-order valence-corrected chi connectivity index (χ1v) is 22.9. The van der Waals surface area contributed by atoms with Gasteiger partial charge in [-0.2, -0.15) is 0 Å². The number of hydrogen-bond donors (Lipinski definition) is 0. The van der Waals surface area contributed by atoms with Crippen molar-refractivity contribution in [3.8, 4) is 0 Å². The second-order valence-corrected chi connectivity index (χ2v) is 27.7. The van der Waals surface area contributed by atoms with E-state index in [0.29, 0.717) is 5.57 Å². The van der Waals surface area contributed by atoms with Gasteiger partial charge in [0, 0.05) is 10.8 Å². The van der Waals surface area contributed by atoms with Crippen LogP contribution in [0.1, 0.15) is 94.4 Å². The Labute approximate surface area is 222 Å². The van der Waals surface area contributed by atoms with Gasteiger partial charge in [0.25, 0.3) is 0 Å². The molecule has 0 amide bonds. The quantitative estimate of drug-likeness (QED) is 0.110. The lowest BCUT2D eigenvalue weighted by molar-refractivity contribution is -0.152. The fourth-order valence-corrected chi connectivity index (χ4v) is 16.1. The zero-order valence-electron chi connectivity index (χ0n) is 26.2. The average Bonchev–Trinajstić information content (AvgIpc) is 2.68. The van der Waals surface area contributed by atoms with Gasteiger partial charge in [-0.15, -0.1) is 0 Å². The molecule has 35 heavy (non-hydrogen) atoms. The molecule has 0 saturated carbocycles. The predicted octanol–water partition coefficient (Wildman–Crippen LogP) is 9.03. The smallest absolute Gasteiger partial charge is 0.333 e. The van der Waals surface area contributed by atoms with Gasteiger partial charge in [0.2, 0.25) is 8.32 Å². The van der Waals surface area contributed by atoms with Crippen LogP contribution in [-0.2, 0) is 18.4 Å². The number of carbonyl (C=O) groups excluding carboxylic acids is 1. The van der Waals surface area contributed by atoms with Crippen molar-refractivity contribution >= 4 is 30.7 Å². The van der Waals surface area contributed by atoms with Gasteiger partial charge < -0.3 is 13.6 Å². The van der Waals surface area contributed by atoms with Crippen LogP contribution in [0, 0.1) is 0 Å². The fourth-order valence-electron chi connectivity index (χ4n) is 5.07. The summed E-state index contributed by atoms with van der Waals surface area (Å²) in [6.45, 7) is 37.5. The van der Waals surface area contributed by atoms with Gasteiger partial charge in [-0.1, -0.05) is 72.7 Å². The molecule has 208 valence electrons. The third-order valence-corrected chi connectivity index (χ3v) is 21.5. The normalized spacial score (nSPS) is 16.5.